The number of hydrogen-bond donors (Lipinski definition) is 2. The Morgan fingerprint density at radius 1 is 1.28 bits per heavy atom. The number of anilines is 1. The first-order chi connectivity index (χ1) is 11.7. The molecule has 140 valence electrons. The quantitative estimate of drug-likeness (QED) is 0.405. The lowest BCUT2D eigenvalue weighted by Gasteiger charge is -2.21. The molecule has 2 atom stereocenters. The van der Waals surface area contributed by atoms with Gasteiger partial charge in [0.25, 0.3) is 0 Å². The highest BCUT2D eigenvalue weighted by Crippen LogP contribution is 2.20. The summed E-state index contributed by atoms with van der Waals surface area (Å²) in [4.78, 5) is 6.80. The lowest BCUT2D eigenvalue weighted by atomic mass is 10.2. The number of halogens is 1. The van der Waals surface area contributed by atoms with Crippen LogP contribution in [0.1, 0.15) is 31.2 Å². The highest BCUT2D eigenvalue weighted by atomic mass is 127. The van der Waals surface area contributed by atoms with E-state index in [2.05, 4.69) is 51.7 Å². The summed E-state index contributed by atoms with van der Waals surface area (Å²) >= 11 is 0. The maximum absolute atomic E-state index is 5.67. The van der Waals surface area contributed by atoms with E-state index < -0.39 is 0 Å². The topological polar surface area (TPSA) is 48.9 Å². The molecule has 6 heteroatoms. The zero-order valence-corrected chi connectivity index (χ0v) is 17.7. The summed E-state index contributed by atoms with van der Waals surface area (Å²) < 4.78 is 5.67. The number of aryl methyl sites for hydroxylation is 1. The third-order valence-electron chi connectivity index (χ3n) is 4.93. The van der Waals surface area contributed by atoms with E-state index >= 15 is 0 Å². The minimum atomic E-state index is 0. The SMILES string of the molecule is CN=C(NCCC1CCCO1)NC1CCN(c2ccc(C)cc2)C1.I. The van der Waals surface area contributed by atoms with Gasteiger partial charge in [-0.25, -0.2) is 0 Å². The molecule has 0 bridgehead atoms. The second-order valence-electron chi connectivity index (χ2n) is 6.83. The molecule has 2 aliphatic heterocycles. The number of rotatable bonds is 5. The number of nitrogens with zero attached hydrogens (tertiary/aromatic N) is 2. The van der Waals surface area contributed by atoms with Crippen molar-refractivity contribution < 1.29 is 4.74 Å². The van der Waals surface area contributed by atoms with Gasteiger partial charge in [0.1, 0.15) is 0 Å². The average molecular weight is 458 g/mol. The molecule has 1 aromatic carbocycles. The first-order valence-corrected chi connectivity index (χ1v) is 9.15. The van der Waals surface area contributed by atoms with Gasteiger partial charge in [-0.15, -0.1) is 24.0 Å². The Labute approximate surface area is 168 Å². The van der Waals surface area contributed by atoms with Crippen LogP contribution < -0.4 is 15.5 Å². The summed E-state index contributed by atoms with van der Waals surface area (Å²) in [6.45, 7) is 6.08. The van der Waals surface area contributed by atoms with Crippen molar-refractivity contribution in [2.24, 2.45) is 4.99 Å². The highest BCUT2D eigenvalue weighted by Gasteiger charge is 2.23. The zero-order chi connectivity index (χ0) is 16.8. The van der Waals surface area contributed by atoms with Crippen molar-refractivity contribution in [3.63, 3.8) is 0 Å². The van der Waals surface area contributed by atoms with Crippen LogP contribution in [0.5, 0.6) is 0 Å². The standard InChI is InChI=1S/C19H30N4O.HI/c1-15-5-7-17(8-6-15)23-12-10-16(14-23)22-19(20-2)21-11-9-18-4-3-13-24-18;/h5-8,16,18H,3-4,9-14H2,1-2H3,(H2,20,21,22);1H. The molecule has 2 unspecified atom stereocenters. The van der Waals surface area contributed by atoms with Crippen LogP contribution in [0.15, 0.2) is 29.3 Å². The van der Waals surface area contributed by atoms with Gasteiger partial charge < -0.3 is 20.3 Å². The van der Waals surface area contributed by atoms with Gasteiger partial charge in [0.2, 0.25) is 0 Å². The Morgan fingerprint density at radius 2 is 2.08 bits per heavy atom. The van der Waals surface area contributed by atoms with Crippen molar-refractivity contribution in [2.45, 2.75) is 44.8 Å². The summed E-state index contributed by atoms with van der Waals surface area (Å²) in [5, 5.41) is 6.98. The average Bonchev–Trinajstić information content (AvgIpc) is 3.26. The smallest absolute Gasteiger partial charge is 0.191 e. The molecule has 5 nitrogen and oxygen atoms in total. The molecule has 0 spiro atoms. The molecule has 0 amide bonds. The van der Waals surface area contributed by atoms with Crippen LogP contribution in [-0.2, 0) is 4.74 Å². The van der Waals surface area contributed by atoms with Crippen molar-refractivity contribution in [1.82, 2.24) is 10.6 Å². The van der Waals surface area contributed by atoms with Gasteiger partial charge in [0.05, 0.1) is 6.10 Å². The second-order valence-corrected chi connectivity index (χ2v) is 6.83. The van der Waals surface area contributed by atoms with Gasteiger partial charge in [0, 0.05) is 45.0 Å². The molecular formula is C19H31IN4O. The third kappa shape index (κ3) is 6.02. The monoisotopic (exact) mass is 458 g/mol. The fraction of sp³-hybridized carbons (Fsp3) is 0.632. The molecule has 2 aliphatic rings. The predicted molar refractivity (Wildman–Crippen MR) is 115 cm³/mol. The van der Waals surface area contributed by atoms with Crippen LogP contribution in [0, 0.1) is 6.92 Å². The zero-order valence-electron chi connectivity index (χ0n) is 15.3. The van der Waals surface area contributed by atoms with Crippen LogP contribution in [0.2, 0.25) is 0 Å². The summed E-state index contributed by atoms with van der Waals surface area (Å²) in [5.74, 6) is 0.906. The van der Waals surface area contributed by atoms with Crippen LogP contribution in [0.25, 0.3) is 0 Å². The fourth-order valence-corrected chi connectivity index (χ4v) is 3.48. The number of guanidine groups is 1. The van der Waals surface area contributed by atoms with E-state index in [0.717, 1.165) is 45.0 Å². The largest absolute Gasteiger partial charge is 0.378 e. The van der Waals surface area contributed by atoms with Crippen molar-refractivity contribution in [2.75, 3.05) is 38.2 Å². The normalized spacial score (nSPS) is 23.4. The van der Waals surface area contributed by atoms with Crippen LogP contribution in [0.3, 0.4) is 0 Å². The van der Waals surface area contributed by atoms with E-state index in [1.807, 2.05) is 7.05 Å². The number of hydrogen-bond acceptors (Lipinski definition) is 3. The Bertz CT molecular complexity index is 543. The van der Waals surface area contributed by atoms with Gasteiger partial charge in [-0.2, -0.15) is 0 Å². The van der Waals surface area contributed by atoms with E-state index in [0.29, 0.717) is 12.1 Å². The minimum absolute atomic E-state index is 0. The molecule has 2 N–H and O–H groups in total. The second kappa shape index (κ2) is 10.2. The van der Waals surface area contributed by atoms with Crippen molar-refractivity contribution in [3.8, 4) is 0 Å². The first kappa shape index (κ1) is 20.3. The Kier molecular flexibility index (Phi) is 8.29. The van der Waals surface area contributed by atoms with E-state index in [1.54, 1.807) is 0 Å². The highest BCUT2D eigenvalue weighted by molar-refractivity contribution is 14.0. The van der Waals surface area contributed by atoms with Crippen LogP contribution in [-0.4, -0.2) is 51.4 Å². The molecule has 0 aromatic heterocycles. The maximum Gasteiger partial charge on any atom is 0.191 e. The van der Waals surface area contributed by atoms with E-state index in [9.17, 15) is 0 Å². The van der Waals surface area contributed by atoms with Crippen molar-refractivity contribution >= 4 is 35.6 Å². The van der Waals surface area contributed by atoms with Crippen molar-refractivity contribution in [1.29, 1.82) is 0 Å². The van der Waals surface area contributed by atoms with Gasteiger partial charge in [-0.3, -0.25) is 4.99 Å². The molecule has 0 aliphatic carbocycles. The molecule has 0 radical (unpaired) electrons. The molecule has 3 rings (SSSR count). The predicted octanol–water partition coefficient (Wildman–Crippen LogP) is 2.93. The fourth-order valence-electron chi connectivity index (χ4n) is 3.48. The van der Waals surface area contributed by atoms with E-state index in [-0.39, 0.29) is 24.0 Å². The van der Waals surface area contributed by atoms with Gasteiger partial charge in [0.15, 0.2) is 5.96 Å². The third-order valence-corrected chi connectivity index (χ3v) is 4.93. The molecular weight excluding hydrogens is 427 g/mol. The van der Waals surface area contributed by atoms with E-state index in [4.69, 9.17) is 4.74 Å². The Morgan fingerprint density at radius 3 is 2.76 bits per heavy atom. The van der Waals surface area contributed by atoms with Crippen LogP contribution >= 0.6 is 24.0 Å². The molecule has 0 saturated carbocycles. The van der Waals surface area contributed by atoms with E-state index in [1.165, 1.54) is 24.1 Å². The molecule has 2 saturated heterocycles. The molecule has 1 aromatic rings. The number of nitrogens with one attached hydrogen (secondary N) is 2. The first-order valence-electron chi connectivity index (χ1n) is 9.15. The summed E-state index contributed by atoms with van der Waals surface area (Å²) in [5.41, 5.74) is 2.62. The maximum atomic E-state index is 5.67. The van der Waals surface area contributed by atoms with Gasteiger partial charge >= 0.3 is 0 Å². The van der Waals surface area contributed by atoms with Crippen LogP contribution in [0.4, 0.5) is 5.69 Å². The summed E-state index contributed by atoms with van der Waals surface area (Å²) in [6, 6.07) is 9.24. The molecule has 25 heavy (non-hydrogen) atoms. The Hall–Kier alpha value is -1.02. The number of benzene rings is 1. The lowest BCUT2D eigenvalue weighted by molar-refractivity contribution is 0.105. The minimum Gasteiger partial charge on any atom is -0.378 e. The number of aliphatic imine (C=N–C) groups is 1. The molecule has 2 fully saturated rings. The summed E-state index contributed by atoms with van der Waals surface area (Å²) in [6.07, 6.45) is 5.02. The van der Waals surface area contributed by atoms with Crippen molar-refractivity contribution in [3.05, 3.63) is 29.8 Å². The number of ether oxygens (including phenoxy) is 1. The van der Waals surface area contributed by atoms with Gasteiger partial charge in [-0.05, 0) is 44.7 Å². The lowest BCUT2D eigenvalue weighted by Crippen LogP contribution is -2.45. The molecule has 2 heterocycles. The summed E-state index contributed by atoms with van der Waals surface area (Å²) in [7, 11) is 1.84. The Balaban J connectivity index is 0.00000225. The van der Waals surface area contributed by atoms with Gasteiger partial charge in [-0.1, -0.05) is 17.7 Å².